The predicted octanol–water partition coefficient (Wildman–Crippen LogP) is 5.98. The number of carbonyl (C=O) groups excluding carboxylic acids is 2. The normalized spacial score (nSPS) is 11.1. The van der Waals surface area contributed by atoms with Crippen molar-refractivity contribution in [3.8, 4) is 5.75 Å². The molecule has 6 nitrogen and oxygen atoms in total. The third-order valence-electron chi connectivity index (χ3n) is 5.38. The lowest BCUT2D eigenvalue weighted by molar-refractivity contribution is 0.0995. The van der Waals surface area contributed by atoms with E-state index in [2.05, 4.69) is 5.32 Å². The highest BCUT2D eigenvalue weighted by atomic mass is 16.5. The van der Waals surface area contributed by atoms with Crippen molar-refractivity contribution in [2.45, 2.75) is 6.92 Å². The molecule has 0 saturated carbocycles. The minimum Gasteiger partial charge on any atom is -0.497 e. The molecule has 2 heterocycles. The Kier molecular flexibility index (Phi) is 4.75. The van der Waals surface area contributed by atoms with Gasteiger partial charge in [0, 0.05) is 33.7 Å². The Hall–Kier alpha value is -4.32. The average Bonchev–Trinajstić information content (AvgIpc) is 3.40. The number of amides is 1. The second kappa shape index (κ2) is 7.74. The third kappa shape index (κ3) is 3.41. The van der Waals surface area contributed by atoms with Crippen LogP contribution in [-0.4, -0.2) is 18.8 Å². The lowest BCUT2D eigenvalue weighted by Gasteiger charge is -2.02. The molecule has 1 N–H and O–H groups in total. The number of para-hydroxylation sites is 1. The molecule has 0 spiro atoms. The average molecular weight is 425 g/mol. The van der Waals surface area contributed by atoms with E-state index in [1.807, 2.05) is 37.3 Å². The number of nitrogens with one attached hydrogen (secondary N) is 1. The van der Waals surface area contributed by atoms with E-state index in [0.717, 1.165) is 16.3 Å². The first kappa shape index (κ1) is 19.6. The Labute approximate surface area is 183 Å². The van der Waals surface area contributed by atoms with Crippen molar-refractivity contribution in [2.24, 2.45) is 0 Å². The lowest BCUT2D eigenvalue weighted by atomic mass is 10.0. The zero-order valence-corrected chi connectivity index (χ0v) is 17.5. The van der Waals surface area contributed by atoms with Gasteiger partial charge < -0.3 is 18.9 Å². The van der Waals surface area contributed by atoms with Gasteiger partial charge in [-0.3, -0.25) is 9.59 Å². The molecular weight excluding hydrogens is 406 g/mol. The maximum absolute atomic E-state index is 13.0. The van der Waals surface area contributed by atoms with Crippen LogP contribution in [0.15, 0.2) is 81.6 Å². The topological polar surface area (TPSA) is 81.7 Å². The number of hydrogen-bond donors (Lipinski definition) is 1. The second-order valence-electron chi connectivity index (χ2n) is 7.43. The minimum atomic E-state index is -0.364. The molecule has 6 heteroatoms. The number of carbonyl (C=O) groups is 2. The first-order valence-electron chi connectivity index (χ1n) is 10.1. The molecule has 0 saturated heterocycles. The number of hydrogen-bond acceptors (Lipinski definition) is 5. The van der Waals surface area contributed by atoms with E-state index in [1.54, 1.807) is 49.6 Å². The van der Waals surface area contributed by atoms with Crippen molar-refractivity contribution >= 4 is 39.3 Å². The first-order chi connectivity index (χ1) is 15.5. The highest BCUT2D eigenvalue weighted by Gasteiger charge is 2.20. The molecule has 3 aromatic carbocycles. The van der Waals surface area contributed by atoms with E-state index < -0.39 is 0 Å². The van der Waals surface area contributed by atoms with E-state index in [-0.39, 0.29) is 23.2 Å². The summed E-state index contributed by atoms with van der Waals surface area (Å²) in [7, 11) is 1.55. The molecule has 0 atom stereocenters. The van der Waals surface area contributed by atoms with Gasteiger partial charge in [-0.1, -0.05) is 30.3 Å². The van der Waals surface area contributed by atoms with Crippen molar-refractivity contribution in [1.82, 2.24) is 0 Å². The summed E-state index contributed by atoms with van der Waals surface area (Å²) in [4.78, 5) is 25.7. The van der Waals surface area contributed by atoms with Gasteiger partial charge in [0.1, 0.15) is 16.9 Å². The summed E-state index contributed by atoms with van der Waals surface area (Å²) >= 11 is 0. The lowest BCUT2D eigenvalue weighted by Crippen LogP contribution is -2.10. The first-order valence-corrected chi connectivity index (χ1v) is 10.1. The minimum absolute atomic E-state index is 0.218. The standard InChI is InChI=1S/C26H19NO5/c1-15-20-11-10-18(27-26(29)23-13-16-6-3-4-9-21(16)31-23)14-22(20)32-25(15)24(28)17-7-5-8-19(12-17)30-2/h3-14H,1-2H3,(H,27,29). The smallest absolute Gasteiger partial charge is 0.291 e. The molecule has 0 radical (unpaired) electrons. The van der Waals surface area contributed by atoms with Gasteiger partial charge in [0.05, 0.1) is 7.11 Å². The highest BCUT2D eigenvalue weighted by Crippen LogP contribution is 2.30. The quantitative estimate of drug-likeness (QED) is 0.350. The van der Waals surface area contributed by atoms with Crippen molar-refractivity contribution in [1.29, 1.82) is 0 Å². The second-order valence-corrected chi connectivity index (χ2v) is 7.43. The van der Waals surface area contributed by atoms with Gasteiger partial charge in [-0.2, -0.15) is 0 Å². The highest BCUT2D eigenvalue weighted by molar-refractivity contribution is 6.11. The van der Waals surface area contributed by atoms with Gasteiger partial charge in [-0.05, 0) is 43.3 Å². The Morgan fingerprint density at radius 1 is 0.875 bits per heavy atom. The van der Waals surface area contributed by atoms with Crippen molar-refractivity contribution < 1.29 is 23.2 Å². The van der Waals surface area contributed by atoms with E-state index in [9.17, 15) is 9.59 Å². The molecular formula is C26H19NO5. The number of aryl methyl sites for hydroxylation is 1. The van der Waals surface area contributed by atoms with Crippen LogP contribution in [-0.2, 0) is 0 Å². The van der Waals surface area contributed by atoms with Crippen LogP contribution < -0.4 is 10.1 Å². The van der Waals surface area contributed by atoms with Crippen molar-refractivity contribution in [3.63, 3.8) is 0 Å². The zero-order valence-electron chi connectivity index (χ0n) is 17.5. The summed E-state index contributed by atoms with van der Waals surface area (Å²) in [5.74, 6) is 0.479. The van der Waals surface area contributed by atoms with Crippen LogP contribution in [0.4, 0.5) is 5.69 Å². The van der Waals surface area contributed by atoms with Crippen LogP contribution >= 0.6 is 0 Å². The van der Waals surface area contributed by atoms with E-state index in [0.29, 0.717) is 28.2 Å². The fourth-order valence-corrected chi connectivity index (χ4v) is 3.70. The molecule has 1 amide bonds. The van der Waals surface area contributed by atoms with Crippen LogP contribution in [0.5, 0.6) is 5.75 Å². The van der Waals surface area contributed by atoms with Crippen LogP contribution in [0.25, 0.3) is 21.9 Å². The molecule has 158 valence electrons. The predicted molar refractivity (Wildman–Crippen MR) is 122 cm³/mol. The van der Waals surface area contributed by atoms with Gasteiger partial charge in [0.25, 0.3) is 5.91 Å². The zero-order chi connectivity index (χ0) is 22.2. The van der Waals surface area contributed by atoms with Crippen LogP contribution in [0.2, 0.25) is 0 Å². The Morgan fingerprint density at radius 2 is 1.72 bits per heavy atom. The van der Waals surface area contributed by atoms with Crippen molar-refractivity contribution in [3.05, 3.63) is 95.4 Å². The summed E-state index contributed by atoms with van der Waals surface area (Å²) in [6.07, 6.45) is 0. The van der Waals surface area contributed by atoms with E-state index >= 15 is 0 Å². The number of methoxy groups -OCH3 is 1. The van der Waals surface area contributed by atoms with Crippen LogP contribution in [0.1, 0.15) is 32.2 Å². The Morgan fingerprint density at radius 3 is 2.53 bits per heavy atom. The molecule has 0 aliphatic rings. The SMILES string of the molecule is COc1cccc(C(=O)c2oc3cc(NC(=O)c4cc5ccccc5o4)ccc3c2C)c1. The number of furan rings is 2. The number of benzene rings is 3. The molecule has 0 unspecified atom stereocenters. The van der Waals surface area contributed by atoms with Gasteiger partial charge in [0.15, 0.2) is 11.5 Å². The third-order valence-corrected chi connectivity index (χ3v) is 5.38. The van der Waals surface area contributed by atoms with Gasteiger partial charge in [-0.15, -0.1) is 0 Å². The van der Waals surface area contributed by atoms with Crippen LogP contribution in [0, 0.1) is 6.92 Å². The monoisotopic (exact) mass is 425 g/mol. The summed E-state index contributed by atoms with van der Waals surface area (Å²) in [5, 5.41) is 4.48. The fourth-order valence-electron chi connectivity index (χ4n) is 3.70. The molecule has 0 aliphatic carbocycles. The maximum Gasteiger partial charge on any atom is 0.291 e. The molecule has 0 fully saturated rings. The Bertz CT molecular complexity index is 1460. The number of fused-ring (bicyclic) bond motifs is 2. The summed E-state index contributed by atoms with van der Waals surface area (Å²) in [6.45, 7) is 1.84. The maximum atomic E-state index is 13.0. The number of ketones is 1. The summed E-state index contributed by atoms with van der Waals surface area (Å²) < 4.78 is 16.7. The molecule has 0 bridgehead atoms. The largest absolute Gasteiger partial charge is 0.497 e. The van der Waals surface area contributed by atoms with Gasteiger partial charge in [0.2, 0.25) is 5.78 Å². The van der Waals surface area contributed by atoms with Gasteiger partial charge in [-0.25, -0.2) is 0 Å². The van der Waals surface area contributed by atoms with Gasteiger partial charge >= 0.3 is 0 Å². The molecule has 2 aromatic heterocycles. The number of ether oxygens (including phenoxy) is 1. The molecule has 0 aliphatic heterocycles. The number of rotatable bonds is 5. The molecule has 32 heavy (non-hydrogen) atoms. The fraction of sp³-hybridized carbons (Fsp3) is 0.0769. The molecule has 5 rings (SSSR count). The molecule has 5 aromatic rings. The Balaban J connectivity index is 1.44. The van der Waals surface area contributed by atoms with Crippen molar-refractivity contribution in [2.75, 3.05) is 12.4 Å². The van der Waals surface area contributed by atoms with Crippen LogP contribution in [0.3, 0.4) is 0 Å². The summed E-state index contributed by atoms with van der Waals surface area (Å²) in [6, 6.07) is 21.4. The van der Waals surface area contributed by atoms with E-state index in [4.69, 9.17) is 13.6 Å². The summed E-state index contributed by atoms with van der Waals surface area (Å²) in [5.41, 5.74) is 2.91. The van der Waals surface area contributed by atoms with E-state index in [1.165, 1.54) is 0 Å². The number of anilines is 1.